The van der Waals surface area contributed by atoms with E-state index in [4.69, 9.17) is 4.74 Å². The molecule has 0 radical (unpaired) electrons. The highest BCUT2D eigenvalue weighted by Gasteiger charge is 2.10. The van der Waals surface area contributed by atoms with Gasteiger partial charge in [-0.2, -0.15) is 0 Å². The number of carbonyl (C=O) groups excluding carboxylic acids is 1. The molecule has 0 fully saturated rings. The number of nitrogens with zero attached hydrogens (tertiary/aromatic N) is 1. The molecule has 0 aliphatic heterocycles. The summed E-state index contributed by atoms with van der Waals surface area (Å²) in [4.78, 5) is 12.3. The Morgan fingerprint density at radius 3 is 2.50 bits per heavy atom. The number of para-hydroxylation sites is 1. The van der Waals surface area contributed by atoms with Crippen molar-refractivity contribution in [1.29, 1.82) is 0 Å². The molecule has 1 aromatic heterocycles. The van der Waals surface area contributed by atoms with E-state index >= 15 is 0 Å². The molecule has 3 rings (SSSR count). The van der Waals surface area contributed by atoms with Gasteiger partial charge < -0.3 is 19.9 Å². The molecule has 0 unspecified atom stereocenters. The Labute approximate surface area is 141 Å². The van der Waals surface area contributed by atoms with Crippen molar-refractivity contribution in [3.05, 3.63) is 54.7 Å². The molecule has 5 heteroatoms. The second-order valence-corrected chi connectivity index (χ2v) is 5.38. The van der Waals surface area contributed by atoms with Crippen molar-refractivity contribution in [2.75, 3.05) is 17.2 Å². The standard InChI is InChI=1S/C19H21N3O2/c1-3-22-13-17(16-7-5-6-8-18(16)22)21-19(23)20-14-9-11-15(12-10-14)24-4-2/h5-13H,3-4H2,1-2H3,(H2,20,21,23). The maximum absolute atomic E-state index is 12.3. The number of hydrogen-bond acceptors (Lipinski definition) is 2. The zero-order valence-electron chi connectivity index (χ0n) is 13.9. The number of rotatable bonds is 5. The minimum atomic E-state index is -0.266. The highest BCUT2D eigenvalue weighted by molar-refractivity contribution is 6.06. The zero-order valence-corrected chi connectivity index (χ0v) is 13.9. The smallest absolute Gasteiger partial charge is 0.323 e. The van der Waals surface area contributed by atoms with Crippen molar-refractivity contribution >= 4 is 28.3 Å². The summed E-state index contributed by atoms with van der Waals surface area (Å²) in [7, 11) is 0. The lowest BCUT2D eigenvalue weighted by Gasteiger charge is -2.08. The van der Waals surface area contributed by atoms with Crippen LogP contribution >= 0.6 is 0 Å². The van der Waals surface area contributed by atoms with Gasteiger partial charge in [-0.3, -0.25) is 0 Å². The molecule has 2 aromatic carbocycles. The molecule has 1 heterocycles. The molecule has 0 aliphatic rings. The van der Waals surface area contributed by atoms with E-state index in [1.54, 1.807) is 0 Å². The maximum Gasteiger partial charge on any atom is 0.323 e. The van der Waals surface area contributed by atoms with Gasteiger partial charge in [0.15, 0.2) is 0 Å². The molecule has 2 N–H and O–H groups in total. The van der Waals surface area contributed by atoms with Gasteiger partial charge in [-0.1, -0.05) is 18.2 Å². The summed E-state index contributed by atoms with van der Waals surface area (Å²) in [6, 6.07) is 15.1. The first-order valence-electron chi connectivity index (χ1n) is 8.10. The van der Waals surface area contributed by atoms with E-state index in [1.807, 2.05) is 61.7 Å². The van der Waals surface area contributed by atoms with E-state index in [0.29, 0.717) is 6.61 Å². The van der Waals surface area contributed by atoms with Gasteiger partial charge >= 0.3 is 6.03 Å². The van der Waals surface area contributed by atoms with Crippen LogP contribution in [0.5, 0.6) is 5.75 Å². The Bertz CT molecular complexity index is 837. The number of benzene rings is 2. The van der Waals surface area contributed by atoms with Crippen molar-refractivity contribution < 1.29 is 9.53 Å². The number of hydrogen-bond donors (Lipinski definition) is 2. The molecule has 0 aliphatic carbocycles. The summed E-state index contributed by atoms with van der Waals surface area (Å²) in [5, 5.41) is 6.79. The summed E-state index contributed by atoms with van der Waals surface area (Å²) in [5.74, 6) is 0.787. The average Bonchev–Trinajstić information content (AvgIpc) is 2.95. The molecule has 2 amide bonds. The molecule has 0 atom stereocenters. The van der Waals surface area contributed by atoms with Crippen molar-refractivity contribution in [3.8, 4) is 5.75 Å². The number of urea groups is 1. The van der Waals surface area contributed by atoms with Gasteiger partial charge in [0.1, 0.15) is 5.75 Å². The molecule has 124 valence electrons. The van der Waals surface area contributed by atoms with Gasteiger partial charge in [-0.15, -0.1) is 0 Å². The van der Waals surface area contributed by atoms with Crippen LogP contribution in [-0.2, 0) is 6.54 Å². The fourth-order valence-corrected chi connectivity index (χ4v) is 2.69. The third-order valence-electron chi connectivity index (χ3n) is 3.80. The zero-order chi connectivity index (χ0) is 16.9. The number of aryl methyl sites for hydroxylation is 1. The molecule has 0 bridgehead atoms. The first-order chi connectivity index (χ1) is 11.7. The summed E-state index contributed by atoms with van der Waals surface area (Å²) in [6.07, 6.45) is 1.96. The van der Waals surface area contributed by atoms with Crippen LogP contribution in [0.2, 0.25) is 0 Å². The summed E-state index contributed by atoms with van der Waals surface area (Å²) in [5.41, 5.74) is 2.63. The van der Waals surface area contributed by atoms with Crippen LogP contribution in [0.1, 0.15) is 13.8 Å². The highest BCUT2D eigenvalue weighted by atomic mass is 16.5. The topological polar surface area (TPSA) is 55.3 Å². The van der Waals surface area contributed by atoms with E-state index < -0.39 is 0 Å². The number of aromatic nitrogens is 1. The fourth-order valence-electron chi connectivity index (χ4n) is 2.69. The Hall–Kier alpha value is -2.95. The second-order valence-electron chi connectivity index (χ2n) is 5.38. The number of amides is 2. The molecular formula is C19H21N3O2. The van der Waals surface area contributed by atoms with E-state index in [1.165, 1.54) is 0 Å². The second kappa shape index (κ2) is 7.08. The number of nitrogens with one attached hydrogen (secondary N) is 2. The first kappa shape index (κ1) is 15.9. The number of ether oxygens (including phenoxy) is 1. The van der Waals surface area contributed by atoms with Crippen LogP contribution < -0.4 is 15.4 Å². The third kappa shape index (κ3) is 3.35. The minimum Gasteiger partial charge on any atom is -0.494 e. The lowest BCUT2D eigenvalue weighted by molar-refractivity contribution is 0.262. The summed E-state index contributed by atoms with van der Waals surface area (Å²) >= 11 is 0. The van der Waals surface area contributed by atoms with Crippen molar-refractivity contribution in [3.63, 3.8) is 0 Å². The third-order valence-corrected chi connectivity index (χ3v) is 3.80. The van der Waals surface area contributed by atoms with Crippen molar-refractivity contribution in [2.45, 2.75) is 20.4 Å². The molecule has 0 saturated heterocycles. The number of anilines is 2. The quantitative estimate of drug-likeness (QED) is 0.715. The van der Waals surface area contributed by atoms with Crippen LogP contribution in [0.25, 0.3) is 10.9 Å². The summed E-state index contributed by atoms with van der Waals surface area (Å²) < 4.78 is 7.51. The maximum atomic E-state index is 12.3. The Morgan fingerprint density at radius 1 is 1.04 bits per heavy atom. The normalized spacial score (nSPS) is 10.6. The van der Waals surface area contributed by atoms with Crippen molar-refractivity contribution in [1.82, 2.24) is 4.57 Å². The lowest BCUT2D eigenvalue weighted by Crippen LogP contribution is -2.19. The van der Waals surface area contributed by atoms with Gasteiger partial charge in [0.25, 0.3) is 0 Å². The van der Waals surface area contributed by atoms with E-state index in [-0.39, 0.29) is 6.03 Å². The van der Waals surface area contributed by atoms with Crippen molar-refractivity contribution in [2.24, 2.45) is 0 Å². The summed E-state index contributed by atoms with van der Waals surface area (Å²) in [6.45, 7) is 5.49. The average molecular weight is 323 g/mol. The molecule has 5 nitrogen and oxygen atoms in total. The van der Waals surface area contributed by atoms with Gasteiger partial charge in [0, 0.05) is 23.8 Å². The SMILES string of the molecule is CCOc1ccc(NC(=O)Nc2cn(CC)c3ccccc23)cc1. The van der Waals surface area contributed by atoms with Gasteiger partial charge in [0.2, 0.25) is 0 Å². The van der Waals surface area contributed by atoms with Crippen LogP contribution in [0.3, 0.4) is 0 Å². The Balaban J connectivity index is 1.73. The largest absolute Gasteiger partial charge is 0.494 e. The Kier molecular flexibility index (Phi) is 4.70. The Morgan fingerprint density at radius 2 is 1.79 bits per heavy atom. The predicted octanol–water partition coefficient (Wildman–Crippen LogP) is 4.70. The minimum absolute atomic E-state index is 0.266. The number of fused-ring (bicyclic) bond motifs is 1. The molecule has 0 saturated carbocycles. The van der Waals surface area contributed by atoms with Gasteiger partial charge in [-0.25, -0.2) is 4.79 Å². The van der Waals surface area contributed by atoms with Gasteiger partial charge in [0.05, 0.1) is 17.8 Å². The van der Waals surface area contributed by atoms with Crippen LogP contribution in [0.4, 0.5) is 16.2 Å². The number of carbonyl (C=O) groups is 1. The van der Waals surface area contributed by atoms with E-state index in [9.17, 15) is 4.79 Å². The van der Waals surface area contributed by atoms with E-state index in [2.05, 4.69) is 22.1 Å². The molecule has 0 spiro atoms. The van der Waals surface area contributed by atoms with Crippen LogP contribution in [-0.4, -0.2) is 17.2 Å². The van der Waals surface area contributed by atoms with Gasteiger partial charge in [-0.05, 0) is 44.2 Å². The monoisotopic (exact) mass is 323 g/mol. The lowest BCUT2D eigenvalue weighted by atomic mass is 10.2. The fraction of sp³-hybridized carbons (Fsp3) is 0.211. The van der Waals surface area contributed by atoms with Crippen LogP contribution in [0.15, 0.2) is 54.7 Å². The van der Waals surface area contributed by atoms with E-state index in [0.717, 1.165) is 34.6 Å². The molecular weight excluding hydrogens is 302 g/mol. The molecule has 24 heavy (non-hydrogen) atoms. The predicted molar refractivity (Wildman–Crippen MR) is 97.9 cm³/mol. The highest BCUT2D eigenvalue weighted by Crippen LogP contribution is 2.26. The van der Waals surface area contributed by atoms with Crippen LogP contribution in [0, 0.1) is 0 Å². The first-order valence-corrected chi connectivity index (χ1v) is 8.10. The molecule has 3 aromatic rings.